The second kappa shape index (κ2) is 8.38. The molecule has 1 aliphatic carbocycles. The largest absolute Gasteiger partial charge is 0.378 e. The normalized spacial score (nSPS) is 21.4. The number of allylic oxidation sites excluding steroid dienone is 2. The number of rotatable bonds is 5. The van der Waals surface area contributed by atoms with Crippen molar-refractivity contribution in [2.75, 3.05) is 10.0 Å². The summed E-state index contributed by atoms with van der Waals surface area (Å²) >= 11 is 0. The van der Waals surface area contributed by atoms with Gasteiger partial charge in [0.25, 0.3) is 10.0 Å². The lowest BCUT2D eigenvalue weighted by Gasteiger charge is -2.37. The van der Waals surface area contributed by atoms with Gasteiger partial charge in [-0.05, 0) is 72.2 Å². The van der Waals surface area contributed by atoms with Gasteiger partial charge < -0.3 is 5.32 Å². The summed E-state index contributed by atoms with van der Waals surface area (Å²) in [6, 6.07) is 21.9. The van der Waals surface area contributed by atoms with Crippen LogP contribution < -0.4 is 10.0 Å². The lowest BCUT2D eigenvalue weighted by atomic mass is 9.77. The Kier molecular flexibility index (Phi) is 5.53. The molecule has 3 aromatic rings. The molecule has 0 fully saturated rings. The summed E-state index contributed by atoms with van der Waals surface area (Å²) in [5.41, 5.74) is 6.34. The molecule has 0 saturated carbocycles. The number of benzene rings is 3. The fraction of sp³-hybridized carbons (Fsp3) is 0.286. The third-order valence-electron chi connectivity index (χ3n) is 6.91. The Morgan fingerprint density at radius 3 is 2.39 bits per heavy atom. The van der Waals surface area contributed by atoms with Crippen LogP contribution in [0.3, 0.4) is 0 Å². The number of hydrogen-bond acceptors (Lipinski definition) is 3. The van der Waals surface area contributed by atoms with Gasteiger partial charge in [0.2, 0.25) is 0 Å². The second-order valence-corrected chi connectivity index (χ2v) is 11.2. The maximum absolute atomic E-state index is 13.2. The first kappa shape index (κ1) is 21.8. The molecule has 0 amide bonds. The van der Waals surface area contributed by atoms with E-state index in [2.05, 4.69) is 67.2 Å². The lowest BCUT2D eigenvalue weighted by molar-refractivity contribution is 0.425. The summed E-state index contributed by atoms with van der Waals surface area (Å²) in [7, 11) is -3.68. The van der Waals surface area contributed by atoms with Gasteiger partial charge in [-0.25, -0.2) is 8.42 Å². The molecule has 2 aliphatic rings. The van der Waals surface area contributed by atoms with Crippen LogP contribution in [0.5, 0.6) is 0 Å². The molecule has 0 bridgehead atoms. The zero-order chi connectivity index (χ0) is 23.2. The van der Waals surface area contributed by atoms with Crippen LogP contribution in [0.2, 0.25) is 0 Å². The first-order chi connectivity index (χ1) is 15.8. The van der Waals surface area contributed by atoms with Gasteiger partial charge in [0.1, 0.15) is 0 Å². The van der Waals surface area contributed by atoms with Crippen molar-refractivity contribution in [1.82, 2.24) is 0 Å². The summed E-state index contributed by atoms with van der Waals surface area (Å²) in [6.07, 6.45) is 5.44. The topological polar surface area (TPSA) is 58.2 Å². The monoisotopic (exact) mass is 458 g/mol. The van der Waals surface area contributed by atoms with Gasteiger partial charge in [0.15, 0.2) is 0 Å². The molecule has 4 nitrogen and oxygen atoms in total. The summed E-state index contributed by atoms with van der Waals surface area (Å²) in [4.78, 5) is 0.295. The fourth-order valence-corrected chi connectivity index (χ4v) is 6.09. The van der Waals surface area contributed by atoms with E-state index in [1.165, 1.54) is 16.7 Å². The minimum atomic E-state index is -3.68. The van der Waals surface area contributed by atoms with Crippen LogP contribution in [0, 0.1) is 12.8 Å². The zero-order valence-electron chi connectivity index (χ0n) is 19.2. The van der Waals surface area contributed by atoms with E-state index in [0.717, 1.165) is 17.7 Å². The maximum atomic E-state index is 13.2. The molecule has 5 heteroatoms. The predicted molar refractivity (Wildman–Crippen MR) is 135 cm³/mol. The van der Waals surface area contributed by atoms with E-state index in [9.17, 15) is 8.42 Å². The third kappa shape index (κ3) is 4.18. The number of nitrogens with one attached hydrogen (secondary N) is 2. The first-order valence-electron chi connectivity index (χ1n) is 11.6. The summed E-state index contributed by atoms with van der Waals surface area (Å²) in [5.74, 6) is 0.975. The predicted octanol–water partition coefficient (Wildman–Crippen LogP) is 6.75. The highest BCUT2D eigenvalue weighted by molar-refractivity contribution is 7.92. The molecule has 1 aliphatic heterocycles. The Morgan fingerprint density at radius 2 is 1.70 bits per heavy atom. The van der Waals surface area contributed by atoms with Gasteiger partial charge in [-0.2, -0.15) is 0 Å². The molecule has 3 aromatic carbocycles. The Morgan fingerprint density at radius 1 is 0.970 bits per heavy atom. The molecule has 0 unspecified atom stereocenters. The number of aryl methyl sites for hydroxylation is 1. The Hall–Kier alpha value is -3.05. The van der Waals surface area contributed by atoms with E-state index in [-0.39, 0.29) is 12.0 Å². The van der Waals surface area contributed by atoms with Crippen LogP contribution in [0.15, 0.2) is 83.8 Å². The molecule has 5 rings (SSSR count). The fourth-order valence-electron chi connectivity index (χ4n) is 4.99. The second-order valence-electron chi connectivity index (χ2n) is 9.52. The van der Waals surface area contributed by atoms with E-state index in [1.54, 1.807) is 6.07 Å². The molecule has 1 heterocycles. The zero-order valence-corrected chi connectivity index (χ0v) is 20.1. The SMILES string of the molecule is Cc1ccc([C@H]2Nc3ccc(S(=O)(=O)Nc4ccc(C(C)C)cc4)cc3[C@H]3C=CC[C@H]32)cc1. The van der Waals surface area contributed by atoms with Crippen molar-refractivity contribution in [1.29, 1.82) is 0 Å². The quantitative estimate of drug-likeness (QED) is 0.416. The molecule has 0 spiro atoms. The molecule has 0 saturated heterocycles. The van der Waals surface area contributed by atoms with Crippen LogP contribution in [0.25, 0.3) is 0 Å². The number of sulfonamides is 1. The first-order valence-corrected chi connectivity index (χ1v) is 13.1. The molecule has 170 valence electrons. The number of anilines is 2. The lowest BCUT2D eigenvalue weighted by Crippen LogP contribution is -2.29. The van der Waals surface area contributed by atoms with Crippen molar-refractivity contribution in [2.45, 2.75) is 50.0 Å². The van der Waals surface area contributed by atoms with Gasteiger partial charge in [-0.15, -0.1) is 0 Å². The van der Waals surface area contributed by atoms with Gasteiger partial charge in [0, 0.05) is 17.3 Å². The van der Waals surface area contributed by atoms with Gasteiger partial charge in [-0.1, -0.05) is 68.0 Å². The van der Waals surface area contributed by atoms with Crippen LogP contribution in [-0.2, 0) is 10.0 Å². The molecule has 3 atom stereocenters. The van der Waals surface area contributed by atoms with Crippen molar-refractivity contribution in [3.05, 3.63) is 101 Å². The molecule has 0 aromatic heterocycles. The average molecular weight is 459 g/mol. The molecular weight excluding hydrogens is 428 g/mol. The minimum Gasteiger partial charge on any atom is -0.378 e. The van der Waals surface area contributed by atoms with Crippen molar-refractivity contribution >= 4 is 21.4 Å². The van der Waals surface area contributed by atoms with Crippen molar-refractivity contribution in [3.8, 4) is 0 Å². The number of hydrogen-bond donors (Lipinski definition) is 2. The van der Waals surface area contributed by atoms with Crippen molar-refractivity contribution < 1.29 is 8.42 Å². The van der Waals surface area contributed by atoms with E-state index in [4.69, 9.17) is 0 Å². The van der Waals surface area contributed by atoms with Gasteiger partial charge >= 0.3 is 0 Å². The Labute approximate surface area is 196 Å². The van der Waals surface area contributed by atoms with Crippen LogP contribution in [0.4, 0.5) is 11.4 Å². The smallest absolute Gasteiger partial charge is 0.261 e. The summed E-state index contributed by atoms with van der Waals surface area (Å²) < 4.78 is 29.1. The van der Waals surface area contributed by atoms with Crippen molar-refractivity contribution in [3.63, 3.8) is 0 Å². The highest BCUT2D eigenvalue weighted by Crippen LogP contribution is 2.50. The van der Waals surface area contributed by atoms with Crippen LogP contribution >= 0.6 is 0 Å². The number of fused-ring (bicyclic) bond motifs is 3. The Balaban J connectivity index is 1.44. The third-order valence-corrected chi connectivity index (χ3v) is 8.29. The summed E-state index contributed by atoms with van der Waals surface area (Å²) in [5, 5.41) is 3.69. The van der Waals surface area contributed by atoms with Crippen LogP contribution in [0.1, 0.15) is 60.4 Å². The van der Waals surface area contributed by atoms with Crippen LogP contribution in [-0.4, -0.2) is 8.42 Å². The molecular formula is C28H30N2O2S. The average Bonchev–Trinajstić information content (AvgIpc) is 3.29. The van der Waals surface area contributed by atoms with Crippen molar-refractivity contribution in [2.24, 2.45) is 5.92 Å². The highest BCUT2D eigenvalue weighted by Gasteiger charge is 2.38. The van der Waals surface area contributed by atoms with Gasteiger partial charge in [-0.3, -0.25) is 4.72 Å². The standard InChI is InChI=1S/C28H30N2O2S/c1-18(2)20-11-13-22(14-12-20)30-33(31,32)23-15-16-27-26(17-23)24-5-4-6-25(24)28(29-27)21-9-7-19(3)8-10-21/h4-5,7-18,24-25,28-30H,6H2,1-3H3/t24-,25+,28+/m0/s1. The Bertz CT molecular complexity index is 1290. The molecule has 33 heavy (non-hydrogen) atoms. The maximum Gasteiger partial charge on any atom is 0.261 e. The van der Waals surface area contributed by atoms with E-state index < -0.39 is 10.0 Å². The van der Waals surface area contributed by atoms with E-state index >= 15 is 0 Å². The molecule has 2 N–H and O–H groups in total. The molecule has 0 radical (unpaired) electrons. The minimum absolute atomic E-state index is 0.202. The van der Waals surface area contributed by atoms with E-state index in [1.807, 2.05) is 36.4 Å². The van der Waals surface area contributed by atoms with E-state index in [0.29, 0.717) is 22.4 Å². The highest BCUT2D eigenvalue weighted by atomic mass is 32.2. The summed E-state index contributed by atoms with van der Waals surface area (Å²) in [6.45, 7) is 6.34. The van der Waals surface area contributed by atoms with Gasteiger partial charge in [0.05, 0.1) is 10.9 Å².